The molecule has 9 heavy (non-hydrogen) atoms. The molecule has 0 N–H and O–H groups in total. The maximum atomic E-state index is 10.5. The predicted octanol–water partition coefficient (Wildman–Crippen LogP) is 1.73. The quantitative estimate of drug-likeness (QED) is 0.542. The van der Waals surface area contributed by atoms with Gasteiger partial charge >= 0.3 is 5.97 Å². The largest absolute Gasteiger partial charge is 0.426 e. The molecule has 0 radical (unpaired) electrons. The van der Waals surface area contributed by atoms with Crippen LogP contribution in [0.25, 0.3) is 0 Å². The number of ether oxygens (including phenoxy) is 1. The van der Waals surface area contributed by atoms with Crippen molar-refractivity contribution in [1.82, 2.24) is 0 Å². The van der Waals surface area contributed by atoms with Gasteiger partial charge in [-0.1, -0.05) is 22.0 Å². The zero-order chi connectivity index (χ0) is 6.69. The summed E-state index contributed by atoms with van der Waals surface area (Å²) >= 11 is 3.05. The Morgan fingerprint density at radius 3 is 3.00 bits per heavy atom. The van der Waals surface area contributed by atoms with Gasteiger partial charge in [-0.15, -0.1) is 0 Å². The number of halogens is 1. The number of esters is 1. The highest BCUT2D eigenvalue weighted by Gasteiger charge is 2.06. The summed E-state index contributed by atoms with van der Waals surface area (Å²) < 4.78 is 4.72. The summed E-state index contributed by atoms with van der Waals surface area (Å²) in [6.07, 6.45) is 3.89. The van der Waals surface area contributed by atoms with Crippen LogP contribution in [0.3, 0.4) is 0 Å². The molecule has 0 aromatic heterocycles. The van der Waals surface area contributed by atoms with Gasteiger partial charge in [-0.2, -0.15) is 0 Å². The molecule has 0 bridgehead atoms. The van der Waals surface area contributed by atoms with Crippen molar-refractivity contribution in [2.45, 2.75) is 6.42 Å². The molecule has 0 aromatic carbocycles. The van der Waals surface area contributed by atoms with Crippen molar-refractivity contribution in [2.75, 3.05) is 0 Å². The fourth-order valence-corrected chi connectivity index (χ4v) is 0.783. The average Bonchev–Trinajstić information content (AvgIpc) is 1.88. The summed E-state index contributed by atoms with van der Waals surface area (Å²) in [7, 11) is 0. The van der Waals surface area contributed by atoms with E-state index >= 15 is 0 Å². The molecule has 1 aliphatic rings. The number of carbonyl (C=O) groups excluding carboxylic acids is 1. The Balaban J connectivity index is 2.71. The molecular weight excluding hydrogens is 184 g/mol. The maximum absolute atomic E-state index is 10.5. The first-order valence-corrected chi connectivity index (χ1v) is 3.42. The van der Waals surface area contributed by atoms with E-state index < -0.39 is 0 Å². The Hall–Kier alpha value is -0.570. The van der Waals surface area contributed by atoms with E-state index in [1.807, 2.05) is 0 Å². The van der Waals surface area contributed by atoms with Crippen LogP contribution in [-0.2, 0) is 9.53 Å². The minimum atomic E-state index is -0.205. The summed E-state index contributed by atoms with van der Waals surface area (Å²) in [5, 5.41) is 0. The minimum Gasteiger partial charge on any atom is -0.426 e. The summed E-state index contributed by atoms with van der Waals surface area (Å²) in [4.78, 5) is 12.1. The van der Waals surface area contributed by atoms with Crippen LogP contribution in [0, 0.1) is 0 Å². The summed E-state index contributed by atoms with van der Waals surface area (Å²) in [6.45, 7) is 0. The minimum absolute atomic E-state index is 0.205. The molecule has 0 aliphatic carbocycles. The SMILES string of the molecule is O=C1CC=CC(=CBr)O1. The first kappa shape index (κ1) is 6.55. The molecule has 1 rings (SSSR count). The van der Waals surface area contributed by atoms with Gasteiger partial charge in [-0.05, 0) is 6.08 Å². The summed E-state index contributed by atoms with van der Waals surface area (Å²) in [5.41, 5.74) is 0. The molecule has 1 aliphatic heterocycles. The lowest BCUT2D eigenvalue weighted by Crippen LogP contribution is -2.04. The van der Waals surface area contributed by atoms with Gasteiger partial charge in [0.1, 0.15) is 5.76 Å². The monoisotopic (exact) mass is 188 g/mol. The fourth-order valence-electron chi connectivity index (χ4n) is 0.537. The van der Waals surface area contributed by atoms with Crippen LogP contribution in [0.15, 0.2) is 22.9 Å². The third-order valence-electron chi connectivity index (χ3n) is 0.906. The second-order valence-electron chi connectivity index (χ2n) is 1.59. The first-order chi connectivity index (χ1) is 4.33. The van der Waals surface area contributed by atoms with Crippen LogP contribution in [0.4, 0.5) is 0 Å². The number of carbonyl (C=O) groups is 1. The number of hydrogen-bond donors (Lipinski definition) is 0. The summed E-state index contributed by atoms with van der Waals surface area (Å²) in [5.74, 6) is 0.356. The van der Waals surface area contributed by atoms with Crippen molar-refractivity contribution in [3.8, 4) is 0 Å². The number of rotatable bonds is 0. The molecule has 0 fully saturated rings. The van der Waals surface area contributed by atoms with Gasteiger partial charge < -0.3 is 4.74 Å². The molecule has 0 aromatic rings. The molecule has 0 spiro atoms. The van der Waals surface area contributed by atoms with Crippen molar-refractivity contribution in [1.29, 1.82) is 0 Å². The van der Waals surface area contributed by atoms with E-state index in [-0.39, 0.29) is 5.97 Å². The Bertz CT molecular complexity index is 181. The van der Waals surface area contributed by atoms with Gasteiger partial charge in [0.2, 0.25) is 0 Å². The summed E-state index contributed by atoms with van der Waals surface area (Å²) in [6, 6.07) is 0. The van der Waals surface area contributed by atoms with Crippen LogP contribution in [-0.4, -0.2) is 5.97 Å². The lowest BCUT2D eigenvalue weighted by molar-refractivity contribution is -0.138. The third-order valence-corrected chi connectivity index (χ3v) is 1.36. The van der Waals surface area contributed by atoms with E-state index in [4.69, 9.17) is 4.74 Å². The Morgan fingerprint density at radius 2 is 2.56 bits per heavy atom. The number of allylic oxidation sites excluding steroid dienone is 1. The van der Waals surface area contributed by atoms with Crippen LogP contribution in [0.1, 0.15) is 6.42 Å². The highest BCUT2D eigenvalue weighted by molar-refractivity contribution is 9.11. The molecule has 48 valence electrons. The zero-order valence-corrected chi connectivity index (χ0v) is 6.22. The highest BCUT2D eigenvalue weighted by Crippen LogP contribution is 2.10. The van der Waals surface area contributed by atoms with Crippen molar-refractivity contribution >= 4 is 21.9 Å². The van der Waals surface area contributed by atoms with E-state index in [0.717, 1.165) is 0 Å². The van der Waals surface area contributed by atoms with Gasteiger partial charge in [-0.3, -0.25) is 4.79 Å². The normalized spacial score (nSPS) is 22.3. The Morgan fingerprint density at radius 1 is 1.78 bits per heavy atom. The molecular formula is C6H5BrO2. The van der Waals surface area contributed by atoms with E-state index in [0.29, 0.717) is 12.2 Å². The van der Waals surface area contributed by atoms with Crippen LogP contribution in [0.5, 0.6) is 0 Å². The fraction of sp³-hybridized carbons (Fsp3) is 0.167. The van der Waals surface area contributed by atoms with E-state index in [1.54, 1.807) is 17.1 Å². The Labute approximate surface area is 61.3 Å². The second kappa shape index (κ2) is 2.82. The van der Waals surface area contributed by atoms with E-state index in [2.05, 4.69) is 15.9 Å². The van der Waals surface area contributed by atoms with E-state index in [9.17, 15) is 4.79 Å². The molecule has 0 atom stereocenters. The van der Waals surface area contributed by atoms with Crippen LogP contribution < -0.4 is 0 Å². The lowest BCUT2D eigenvalue weighted by atomic mass is 10.3. The average molecular weight is 189 g/mol. The van der Waals surface area contributed by atoms with E-state index in [1.165, 1.54) is 0 Å². The van der Waals surface area contributed by atoms with Crippen LogP contribution in [0.2, 0.25) is 0 Å². The van der Waals surface area contributed by atoms with Gasteiger partial charge in [0.05, 0.1) is 6.42 Å². The molecule has 0 unspecified atom stereocenters. The van der Waals surface area contributed by atoms with Gasteiger partial charge in [-0.25, -0.2) is 0 Å². The number of cyclic esters (lactones) is 1. The number of hydrogen-bond acceptors (Lipinski definition) is 2. The third kappa shape index (κ3) is 1.68. The molecule has 0 amide bonds. The van der Waals surface area contributed by atoms with Crippen molar-refractivity contribution in [2.24, 2.45) is 0 Å². The van der Waals surface area contributed by atoms with Crippen molar-refractivity contribution in [3.63, 3.8) is 0 Å². The van der Waals surface area contributed by atoms with Gasteiger partial charge in [0.15, 0.2) is 0 Å². The standard InChI is InChI=1S/C6H5BrO2/c7-4-5-2-1-3-6(8)9-5/h1-2,4H,3H2. The molecule has 0 saturated carbocycles. The predicted molar refractivity (Wildman–Crippen MR) is 36.9 cm³/mol. The van der Waals surface area contributed by atoms with Crippen molar-refractivity contribution < 1.29 is 9.53 Å². The Kier molecular flexibility index (Phi) is 2.05. The lowest BCUT2D eigenvalue weighted by Gasteiger charge is -2.05. The first-order valence-electron chi connectivity index (χ1n) is 2.50. The maximum Gasteiger partial charge on any atom is 0.315 e. The van der Waals surface area contributed by atoms with Gasteiger partial charge in [0.25, 0.3) is 0 Å². The van der Waals surface area contributed by atoms with Crippen LogP contribution >= 0.6 is 15.9 Å². The smallest absolute Gasteiger partial charge is 0.315 e. The molecule has 0 saturated heterocycles. The highest BCUT2D eigenvalue weighted by atomic mass is 79.9. The molecule has 2 nitrogen and oxygen atoms in total. The second-order valence-corrected chi connectivity index (χ2v) is 2.05. The topological polar surface area (TPSA) is 26.3 Å². The molecule has 1 heterocycles. The van der Waals surface area contributed by atoms with Gasteiger partial charge in [0, 0.05) is 4.99 Å². The van der Waals surface area contributed by atoms with Crippen molar-refractivity contribution in [3.05, 3.63) is 22.9 Å². The zero-order valence-electron chi connectivity index (χ0n) is 4.63. The molecule has 3 heteroatoms.